The quantitative estimate of drug-likeness (QED) is 0.247. The van der Waals surface area contributed by atoms with Gasteiger partial charge in [0.25, 0.3) is 11.6 Å². The lowest BCUT2D eigenvalue weighted by molar-refractivity contribution is -0.384. The van der Waals surface area contributed by atoms with Gasteiger partial charge in [0.15, 0.2) is 11.5 Å². The van der Waals surface area contributed by atoms with Gasteiger partial charge in [0.05, 0.1) is 16.9 Å². The van der Waals surface area contributed by atoms with E-state index in [1.165, 1.54) is 35.9 Å². The number of nitro benzene ring substituents is 1. The van der Waals surface area contributed by atoms with E-state index in [0.29, 0.717) is 20.7 Å². The number of benzene rings is 2. The highest BCUT2D eigenvalue weighted by atomic mass is 79.9. The lowest BCUT2D eigenvalue weighted by atomic mass is 10.1. The Morgan fingerprint density at radius 3 is 2.52 bits per heavy atom. The first kappa shape index (κ1) is 21.3. The van der Waals surface area contributed by atoms with Gasteiger partial charge in [-0.2, -0.15) is 0 Å². The minimum atomic E-state index is -0.449. The van der Waals surface area contributed by atoms with Gasteiger partial charge in [-0.25, -0.2) is 0 Å². The number of nitro groups is 1. The Balaban J connectivity index is 1.80. The van der Waals surface area contributed by atoms with Gasteiger partial charge in [-0.1, -0.05) is 39.9 Å². The molecule has 10 heteroatoms. The number of hydrogen-bond acceptors (Lipinski definition) is 7. The number of halogens is 1. The molecule has 7 nitrogen and oxygen atoms in total. The number of ether oxygens (including phenoxy) is 2. The number of hydrogen-bond donors (Lipinski definition) is 0. The van der Waals surface area contributed by atoms with Gasteiger partial charge in [-0.3, -0.25) is 19.8 Å². The molecule has 2 aromatic rings. The summed E-state index contributed by atoms with van der Waals surface area (Å²) in [5.74, 6) is 0.843. The summed E-state index contributed by atoms with van der Waals surface area (Å²) in [6, 6.07) is 9.65. The van der Waals surface area contributed by atoms with Gasteiger partial charge in [0, 0.05) is 23.7 Å². The third-order valence-corrected chi connectivity index (χ3v) is 6.27. The molecule has 3 rings (SSSR count). The van der Waals surface area contributed by atoms with Crippen LogP contribution in [-0.4, -0.2) is 34.2 Å². The van der Waals surface area contributed by atoms with Crippen LogP contribution in [0.1, 0.15) is 11.1 Å². The van der Waals surface area contributed by atoms with Gasteiger partial charge in [-0.05, 0) is 41.5 Å². The van der Waals surface area contributed by atoms with Crippen LogP contribution in [0.15, 0.2) is 45.8 Å². The molecule has 0 saturated carbocycles. The second kappa shape index (κ2) is 8.93. The number of rotatable bonds is 6. The summed E-state index contributed by atoms with van der Waals surface area (Å²) in [6.07, 6.45) is 1.75. The molecule has 1 aliphatic heterocycles. The molecular formula is C19H15BrN2O5S2. The first-order valence-electron chi connectivity index (χ1n) is 8.25. The number of carbonyl (C=O) groups excluding carboxylic acids is 1. The lowest BCUT2D eigenvalue weighted by Gasteiger charge is -2.13. The van der Waals surface area contributed by atoms with Gasteiger partial charge in [0.2, 0.25) is 0 Å². The van der Waals surface area contributed by atoms with Crippen LogP contribution < -0.4 is 9.47 Å². The van der Waals surface area contributed by atoms with Crippen molar-refractivity contribution in [2.24, 2.45) is 0 Å². The molecule has 2 aromatic carbocycles. The molecule has 1 fully saturated rings. The van der Waals surface area contributed by atoms with Gasteiger partial charge in [-0.15, -0.1) is 0 Å². The molecule has 0 unspecified atom stereocenters. The Kier molecular flexibility index (Phi) is 6.56. The zero-order valence-electron chi connectivity index (χ0n) is 15.4. The lowest BCUT2D eigenvalue weighted by Crippen LogP contribution is -2.22. The minimum Gasteiger partial charge on any atom is -0.493 e. The van der Waals surface area contributed by atoms with Gasteiger partial charge < -0.3 is 9.47 Å². The highest BCUT2D eigenvalue weighted by molar-refractivity contribution is 9.10. The fraction of sp³-hybridized carbons (Fsp3) is 0.158. The fourth-order valence-corrected chi connectivity index (χ4v) is 4.10. The molecule has 0 atom stereocenters. The summed E-state index contributed by atoms with van der Waals surface area (Å²) in [7, 11) is 3.17. The van der Waals surface area contributed by atoms with E-state index in [1.807, 2.05) is 0 Å². The van der Waals surface area contributed by atoms with Crippen LogP contribution in [0.25, 0.3) is 6.08 Å². The van der Waals surface area contributed by atoms with E-state index in [1.54, 1.807) is 37.4 Å². The standard InChI is InChI=1S/C19H15BrN2O5S2/c1-21-18(23)17(29-19(21)28)8-12-7-15(26-2)16(9-14(12)20)27-10-11-3-5-13(6-4-11)22(24)25/h3-9H,10H2,1-2H3/b17-8-. The van der Waals surface area contributed by atoms with Crippen molar-refractivity contribution < 1.29 is 19.2 Å². The van der Waals surface area contributed by atoms with Gasteiger partial charge >= 0.3 is 0 Å². The normalized spacial score (nSPS) is 15.1. The van der Waals surface area contributed by atoms with Crippen LogP contribution in [0, 0.1) is 10.1 Å². The van der Waals surface area contributed by atoms with Crippen LogP contribution >= 0.6 is 39.9 Å². The molecule has 29 heavy (non-hydrogen) atoms. The topological polar surface area (TPSA) is 81.9 Å². The number of amides is 1. The van der Waals surface area contributed by atoms with E-state index in [4.69, 9.17) is 21.7 Å². The highest BCUT2D eigenvalue weighted by Crippen LogP contribution is 2.38. The highest BCUT2D eigenvalue weighted by Gasteiger charge is 2.29. The van der Waals surface area contributed by atoms with Crippen molar-refractivity contribution in [2.75, 3.05) is 14.2 Å². The van der Waals surface area contributed by atoms with Crippen molar-refractivity contribution in [2.45, 2.75) is 6.61 Å². The maximum atomic E-state index is 12.2. The third-order valence-electron chi connectivity index (χ3n) is 4.10. The molecule has 0 bridgehead atoms. The van der Waals surface area contributed by atoms with Crippen molar-refractivity contribution >= 4 is 61.9 Å². The smallest absolute Gasteiger partial charge is 0.269 e. The second-order valence-electron chi connectivity index (χ2n) is 5.98. The van der Waals surface area contributed by atoms with Crippen LogP contribution in [0.2, 0.25) is 0 Å². The second-order valence-corrected chi connectivity index (χ2v) is 8.51. The van der Waals surface area contributed by atoms with E-state index in [9.17, 15) is 14.9 Å². The molecular weight excluding hydrogens is 480 g/mol. The molecule has 1 aliphatic rings. The van der Waals surface area contributed by atoms with Crippen LogP contribution in [0.5, 0.6) is 11.5 Å². The molecule has 0 aromatic heterocycles. The van der Waals surface area contributed by atoms with Crippen molar-refractivity contribution in [1.29, 1.82) is 0 Å². The molecule has 1 saturated heterocycles. The monoisotopic (exact) mass is 494 g/mol. The number of non-ortho nitro benzene ring substituents is 1. The number of nitrogens with zero attached hydrogens (tertiary/aromatic N) is 2. The molecule has 1 heterocycles. The van der Waals surface area contributed by atoms with Crippen molar-refractivity contribution in [3.05, 3.63) is 67.0 Å². The maximum Gasteiger partial charge on any atom is 0.269 e. The summed E-state index contributed by atoms with van der Waals surface area (Å²) in [5, 5.41) is 10.7. The van der Waals surface area contributed by atoms with Crippen LogP contribution in [0.4, 0.5) is 5.69 Å². The summed E-state index contributed by atoms with van der Waals surface area (Å²) >= 11 is 9.89. The van der Waals surface area contributed by atoms with Crippen molar-refractivity contribution in [1.82, 2.24) is 4.90 Å². The largest absolute Gasteiger partial charge is 0.493 e. The van der Waals surface area contributed by atoms with E-state index in [0.717, 1.165) is 15.6 Å². The van der Waals surface area contributed by atoms with E-state index < -0.39 is 4.92 Å². The number of thioether (sulfide) groups is 1. The SMILES string of the molecule is COc1cc(/C=C2\SC(=S)N(C)C2=O)c(Br)cc1OCc1ccc([N+](=O)[O-])cc1. The summed E-state index contributed by atoms with van der Waals surface area (Å²) < 4.78 is 12.5. The molecule has 0 aliphatic carbocycles. The Morgan fingerprint density at radius 2 is 1.97 bits per heavy atom. The summed E-state index contributed by atoms with van der Waals surface area (Å²) in [6.45, 7) is 0.217. The van der Waals surface area contributed by atoms with E-state index in [-0.39, 0.29) is 18.2 Å². The molecule has 0 radical (unpaired) electrons. The average Bonchev–Trinajstić information content (AvgIpc) is 2.94. The molecule has 0 spiro atoms. The van der Waals surface area contributed by atoms with Gasteiger partial charge in [0.1, 0.15) is 10.9 Å². The maximum absolute atomic E-state index is 12.2. The van der Waals surface area contributed by atoms with E-state index in [2.05, 4.69) is 15.9 Å². The first-order valence-corrected chi connectivity index (χ1v) is 10.3. The van der Waals surface area contributed by atoms with Crippen molar-refractivity contribution in [3.63, 3.8) is 0 Å². The minimum absolute atomic E-state index is 0.0240. The van der Waals surface area contributed by atoms with Crippen LogP contribution in [0.3, 0.4) is 0 Å². The Hall–Kier alpha value is -2.43. The summed E-state index contributed by atoms with van der Waals surface area (Å²) in [5.41, 5.74) is 1.55. The Morgan fingerprint density at radius 1 is 1.28 bits per heavy atom. The number of methoxy groups -OCH3 is 1. The first-order chi connectivity index (χ1) is 13.8. The Bertz CT molecular complexity index is 1020. The average molecular weight is 495 g/mol. The Labute approximate surface area is 184 Å². The molecule has 150 valence electrons. The summed E-state index contributed by atoms with van der Waals surface area (Å²) in [4.78, 5) is 24.5. The predicted octanol–water partition coefficient (Wildman–Crippen LogP) is 4.78. The third kappa shape index (κ3) is 4.77. The molecule has 1 amide bonds. The van der Waals surface area contributed by atoms with E-state index >= 15 is 0 Å². The fourth-order valence-electron chi connectivity index (χ4n) is 2.50. The number of thiocarbonyl (C=S) groups is 1. The number of carbonyl (C=O) groups is 1. The molecule has 0 N–H and O–H groups in total. The predicted molar refractivity (Wildman–Crippen MR) is 119 cm³/mol. The zero-order valence-corrected chi connectivity index (χ0v) is 18.6. The number of likely N-dealkylation sites (N-methyl/N-ethyl adjacent to an activating group) is 1. The zero-order chi connectivity index (χ0) is 21.1. The van der Waals surface area contributed by atoms with Crippen LogP contribution in [-0.2, 0) is 11.4 Å². The van der Waals surface area contributed by atoms with Crippen molar-refractivity contribution in [3.8, 4) is 11.5 Å².